The minimum absolute atomic E-state index is 0.440. The molecule has 2 aromatic rings. The number of para-hydroxylation sites is 1. The van der Waals surface area contributed by atoms with Crippen LogP contribution in [0.4, 0.5) is 5.69 Å². The van der Waals surface area contributed by atoms with Gasteiger partial charge in [0, 0.05) is 12.2 Å². The van der Waals surface area contributed by atoms with Crippen molar-refractivity contribution in [1.29, 1.82) is 0 Å². The number of carbonyl (C=O) groups is 1. The van der Waals surface area contributed by atoms with Crippen molar-refractivity contribution < 1.29 is 9.90 Å². The van der Waals surface area contributed by atoms with E-state index in [4.69, 9.17) is 0 Å². The largest absolute Gasteiger partial charge is 0.480 e. The van der Waals surface area contributed by atoms with Gasteiger partial charge in [0.15, 0.2) is 0 Å². The van der Waals surface area contributed by atoms with Crippen molar-refractivity contribution in [2.45, 2.75) is 25.4 Å². The molecule has 0 fully saturated rings. The molecular formula is C17H17NO2. The van der Waals surface area contributed by atoms with Gasteiger partial charge in [0.05, 0.1) is 0 Å². The molecule has 0 saturated carbocycles. The van der Waals surface area contributed by atoms with E-state index in [9.17, 15) is 9.90 Å². The number of fused-ring (bicyclic) bond motifs is 1. The SMILES string of the molecule is O=C(O)C1CCc2ccccc2N1Cc1ccccc1. The van der Waals surface area contributed by atoms with Crippen molar-refractivity contribution in [3.8, 4) is 0 Å². The summed E-state index contributed by atoms with van der Waals surface area (Å²) >= 11 is 0. The zero-order valence-corrected chi connectivity index (χ0v) is 11.2. The molecule has 3 nitrogen and oxygen atoms in total. The molecular weight excluding hydrogens is 250 g/mol. The zero-order chi connectivity index (χ0) is 13.9. The quantitative estimate of drug-likeness (QED) is 0.929. The van der Waals surface area contributed by atoms with Gasteiger partial charge in [-0.05, 0) is 30.0 Å². The van der Waals surface area contributed by atoms with Crippen LogP contribution in [0.2, 0.25) is 0 Å². The van der Waals surface area contributed by atoms with Gasteiger partial charge in [-0.15, -0.1) is 0 Å². The van der Waals surface area contributed by atoms with Gasteiger partial charge in [-0.2, -0.15) is 0 Å². The van der Waals surface area contributed by atoms with Crippen molar-refractivity contribution in [3.63, 3.8) is 0 Å². The maximum absolute atomic E-state index is 11.5. The second-order valence-corrected chi connectivity index (χ2v) is 5.13. The topological polar surface area (TPSA) is 40.5 Å². The van der Waals surface area contributed by atoms with Crippen molar-refractivity contribution >= 4 is 11.7 Å². The van der Waals surface area contributed by atoms with Crippen LogP contribution in [-0.4, -0.2) is 17.1 Å². The Morgan fingerprint density at radius 3 is 2.55 bits per heavy atom. The predicted molar refractivity (Wildman–Crippen MR) is 78.8 cm³/mol. The van der Waals surface area contributed by atoms with Crippen LogP contribution in [0.5, 0.6) is 0 Å². The molecule has 0 radical (unpaired) electrons. The summed E-state index contributed by atoms with van der Waals surface area (Å²) in [5.41, 5.74) is 3.42. The van der Waals surface area contributed by atoms with Crippen LogP contribution in [0.3, 0.4) is 0 Å². The third-order valence-electron chi connectivity index (χ3n) is 3.85. The monoisotopic (exact) mass is 267 g/mol. The summed E-state index contributed by atoms with van der Waals surface area (Å²) in [6, 6.07) is 17.7. The van der Waals surface area contributed by atoms with E-state index in [2.05, 4.69) is 6.07 Å². The second-order valence-electron chi connectivity index (χ2n) is 5.13. The molecule has 20 heavy (non-hydrogen) atoms. The number of aliphatic carboxylic acids is 1. The lowest BCUT2D eigenvalue weighted by atomic mass is 9.95. The number of carboxylic acids is 1. The van der Waals surface area contributed by atoms with Gasteiger partial charge in [0.25, 0.3) is 0 Å². The Morgan fingerprint density at radius 1 is 1.10 bits per heavy atom. The van der Waals surface area contributed by atoms with E-state index in [0.717, 1.165) is 17.7 Å². The van der Waals surface area contributed by atoms with Crippen LogP contribution in [0.1, 0.15) is 17.5 Å². The molecule has 2 aromatic carbocycles. The Morgan fingerprint density at radius 2 is 1.80 bits per heavy atom. The number of hydrogen-bond donors (Lipinski definition) is 1. The lowest BCUT2D eigenvalue weighted by Gasteiger charge is -2.36. The molecule has 1 atom stereocenters. The highest BCUT2D eigenvalue weighted by Crippen LogP contribution is 2.32. The second kappa shape index (κ2) is 5.37. The molecule has 1 N–H and O–H groups in total. The lowest BCUT2D eigenvalue weighted by Crippen LogP contribution is -2.44. The summed E-state index contributed by atoms with van der Waals surface area (Å²) in [5.74, 6) is -0.740. The fourth-order valence-electron chi connectivity index (χ4n) is 2.85. The van der Waals surface area contributed by atoms with Crippen LogP contribution in [-0.2, 0) is 17.8 Å². The van der Waals surface area contributed by atoms with E-state index in [0.29, 0.717) is 13.0 Å². The minimum atomic E-state index is -0.740. The molecule has 1 unspecified atom stereocenters. The van der Waals surface area contributed by atoms with Crippen molar-refractivity contribution in [2.75, 3.05) is 4.90 Å². The first-order valence-corrected chi connectivity index (χ1v) is 6.87. The summed E-state index contributed by atoms with van der Waals surface area (Å²) in [6.45, 7) is 0.634. The highest BCUT2D eigenvalue weighted by atomic mass is 16.4. The van der Waals surface area contributed by atoms with Crippen LogP contribution in [0.15, 0.2) is 54.6 Å². The molecule has 3 rings (SSSR count). The maximum Gasteiger partial charge on any atom is 0.326 e. The number of anilines is 1. The summed E-state index contributed by atoms with van der Waals surface area (Å²) in [5, 5.41) is 9.47. The Bertz CT molecular complexity index is 609. The van der Waals surface area contributed by atoms with Crippen LogP contribution in [0, 0.1) is 0 Å². The zero-order valence-electron chi connectivity index (χ0n) is 11.2. The van der Waals surface area contributed by atoms with Gasteiger partial charge in [-0.3, -0.25) is 0 Å². The van der Waals surface area contributed by atoms with Gasteiger partial charge in [-0.25, -0.2) is 4.79 Å². The average Bonchev–Trinajstić information content (AvgIpc) is 2.48. The Labute approximate surface area is 118 Å². The maximum atomic E-state index is 11.5. The Kier molecular flexibility index (Phi) is 3.42. The summed E-state index contributed by atoms with van der Waals surface area (Å²) in [4.78, 5) is 13.5. The normalized spacial score (nSPS) is 17.6. The standard InChI is InChI=1S/C17H17NO2/c19-17(20)16-11-10-14-8-4-5-9-15(14)18(16)12-13-6-2-1-3-7-13/h1-9,16H,10-12H2,(H,19,20). The minimum Gasteiger partial charge on any atom is -0.480 e. The third kappa shape index (κ3) is 2.39. The first-order chi connectivity index (χ1) is 9.75. The summed E-state index contributed by atoms with van der Waals surface area (Å²) < 4.78 is 0. The highest BCUT2D eigenvalue weighted by Gasteiger charge is 2.30. The van der Waals surface area contributed by atoms with E-state index < -0.39 is 12.0 Å². The molecule has 0 saturated heterocycles. The van der Waals surface area contributed by atoms with Gasteiger partial charge in [0.2, 0.25) is 0 Å². The van der Waals surface area contributed by atoms with Gasteiger partial charge < -0.3 is 10.0 Å². The van der Waals surface area contributed by atoms with Crippen LogP contribution < -0.4 is 4.90 Å². The molecule has 0 bridgehead atoms. The highest BCUT2D eigenvalue weighted by molar-refractivity contribution is 5.80. The van der Waals surface area contributed by atoms with E-state index in [1.807, 2.05) is 53.4 Å². The summed E-state index contributed by atoms with van der Waals surface area (Å²) in [6.07, 6.45) is 1.50. The molecule has 0 aromatic heterocycles. The van der Waals surface area contributed by atoms with Crippen molar-refractivity contribution in [2.24, 2.45) is 0 Å². The fourth-order valence-corrected chi connectivity index (χ4v) is 2.85. The fraction of sp³-hybridized carbons (Fsp3) is 0.235. The number of hydrogen-bond acceptors (Lipinski definition) is 2. The van der Waals surface area contributed by atoms with E-state index in [-0.39, 0.29) is 0 Å². The average molecular weight is 267 g/mol. The molecule has 102 valence electrons. The predicted octanol–water partition coefficient (Wildman–Crippen LogP) is 3.09. The molecule has 1 aliphatic rings. The number of nitrogens with zero attached hydrogens (tertiary/aromatic N) is 1. The number of rotatable bonds is 3. The van der Waals surface area contributed by atoms with Crippen molar-refractivity contribution in [1.82, 2.24) is 0 Å². The molecule has 1 aliphatic heterocycles. The number of benzene rings is 2. The van der Waals surface area contributed by atoms with Crippen LogP contribution in [0.25, 0.3) is 0 Å². The van der Waals surface area contributed by atoms with Crippen LogP contribution >= 0.6 is 0 Å². The van der Waals surface area contributed by atoms with E-state index in [1.54, 1.807) is 0 Å². The number of carboxylic acid groups (broad SMARTS) is 1. The molecule has 0 aliphatic carbocycles. The molecule has 3 heteroatoms. The van der Waals surface area contributed by atoms with Gasteiger partial charge >= 0.3 is 5.97 Å². The number of aryl methyl sites for hydroxylation is 1. The third-order valence-corrected chi connectivity index (χ3v) is 3.85. The van der Waals surface area contributed by atoms with Gasteiger partial charge in [0.1, 0.15) is 6.04 Å². The van der Waals surface area contributed by atoms with Gasteiger partial charge in [-0.1, -0.05) is 48.5 Å². The smallest absolute Gasteiger partial charge is 0.326 e. The van der Waals surface area contributed by atoms with Crippen molar-refractivity contribution in [3.05, 3.63) is 65.7 Å². The lowest BCUT2D eigenvalue weighted by molar-refractivity contribution is -0.138. The Hall–Kier alpha value is -2.29. The first-order valence-electron chi connectivity index (χ1n) is 6.87. The first kappa shape index (κ1) is 12.7. The Balaban J connectivity index is 1.97. The van der Waals surface area contributed by atoms with E-state index in [1.165, 1.54) is 5.56 Å². The molecule has 1 heterocycles. The molecule has 0 spiro atoms. The van der Waals surface area contributed by atoms with E-state index >= 15 is 0 Å². The summed E-state index contributed by atoms with van der Waals surface area (Å²) in [7, 11) is 0. The molecule has 0 amide bonds.